The van der Waals surface area contributed by atoms with E-state index in [-0.39, 0.29) is 5.91 Å². The van der Waals surface area contributed by atoms with Crippen molar-refractivity contribution >= 4 is 23.2 Å². The summed E-state index contributed by atoms with van der Waals surface area (Å²) in [7, 11) is 0. The van der Waals surface area contributed by atoms with E-state index in [1.807, 2.05) is 18.2 Å². The molecule has 1 amide bonds. The van der Waals surface area contributed by atoms with Crippen molar-refractivity contribution in [2.45, 2.75) is 0 Å². The molecule has 116 valence electrons. The average molecular weight is 326 g/mol. The molecule has 0 atom stereocenters. The van der Waals surface area contributed by atoms with Gasteiger partial charge in [-0.2, -0.15) is 0 Å². The molecule has 0 aromatic carbocycles. The maximum absolute atomic E-state index is 12.1. The molecule has 7 nitrogen and oxygen atoms in total. The van der Waals surface area contributed by atoms with Crippen molar-refractivity contribution in [3.8, 4) is 10.7 Å². The molecule has 0 aliphatic carbocycles. The molecule has 8 heteroatoms. The average Bonchev–Trinajstić information content (AvgIpc) is 3.10. The Labute approximate surface area is 136 Å². The molecule has 2 N–H and O–H groups in total. The monoisotopic (exact) mass is 326 g/mol. The first-order chi connectivity index (χ1) is 11.3. The number of thiazole rings is 1. The van der Waals surface area contributed by atoms with Crippen LogP contribution in [0.15, 0.2) is 49.1 Å². The van der Waals surface area contributed by atoms with E-state index in [9.17, 15) is 4.79 Å². The van der Waals surface area contributed by atoms with Crippen LogP contribution in [0, 0.1) is 0 Å². The summed E-state index contributed by atoms with van der Waals surface area (Å²) in [5, 5.41) is 6.58. The molecule has 23 heavy (non-hydrogen) atoms. The minimum atomic E-state index is -0.152. The van der Waals surface area contributed by atoms with Crippen LogP contribution < -0.4 is 10.6 Å². The van der Waals surface area contributed by atoms with E-state index < -0.39 is 0 Å². The number of carbonyl (C=O) groups is 1. The summed E-state index contributed by atoms with van der Waals surface area (Å²) >= 11 is 1.32. The van der Waals surface area contributed by atoms with E-state index in [0.717, 1.165) is 10.7 Å². The summed E-state index contributed by atoms with van der Waals surface area (Å²) in [6.07, 6.45) is 6.58. The van der Waals surface area contributed by atoms with Gasteiger partial charge in [0.25, 0.3) is 5.91 Å². The minimum Gasteiger partial charge on any atom is -0.352 e. The number of nitrogens with one attached hydrogen (secondary N) is 2. The molecule has 3 heterocycles. The number of hydrogen-bond donors (Lipinski definition) is 2. The van der Waals surface area contributed by atoms with Gasteiger partial charge >= 0.3 is 0 Å². The Bertz CT molecular complexity index is 762. The Morgan fingerprint density at radius 2 is 1.83 bits per heavy atom. The van der Waals surface area contributed by atoms with Crippen molar-refractivity contribution in [3.05, 3.63) is 53.9 Å². The quantitative estimate of drug-likeness (QED) is 0.672. The van der Waals surface area contributed by atoms with Gasteiger partial charge in [-0.3, -0.25) is 9.78 Å². The molecule has 0 saturated carbocycles. The first kappa shape index (κ1) is 15.0. The first-order valence-corrected chi connectivity index (χ1v) is 7.81. The number of pyridine rings is 1. The molecule has 0 radical (unpaired) electrons. The van der Waals surface area contributed by atoms with Crippen molar-refractivity contribution in [2.75, 3.05) is 18.4 Å². The molecule has 3 rings (SSSR count). The number of anilines is 1. The number of amides is 1. The third kappa shape index (κ3) is 4.07. The van der Waals surface area contributed by atoms with Gasteiger partial charge in [0.05, 0.1) is 11.9 Å². The molecule has 0 aliphatic heterocycles. The summed E-state index contributed by atoms with van der Waals surface area (Å²) in [5.41, 5.74) is 0.763. The fourth-order valence-corrected chi connectivity index (χ4v) is 2.62. The number of nitrogens with zero attached hydrogens (tertiary/aromatic N) is 4. The number of carbonyl (C=O) groups excluding carboxylic acids is 1. The third-order valence-corrected chi connectivity index (χ3v) is 3.89. The second kappa shape index (κ2) is 7.41. The van der Waals surface area contributed by atoms with Crippen LogP contribution in [0.5, 0.6) is 0 Å². The van der Waals surface area contributed by atoms with E-state index in [1.54, 1.807) is 30.9 Å². The highest BCUT2D eigenvalue weighted by atomic mass is 32.1. The van der Waals surface area contributed by atoms with Crippen LogP contribution in [-0.4, -0.2) is 38.9 Å². The zero-order valence-corrected chi connectivity index (χ0v) is 13.0. The van der Waals surface area contributed by atoms with Gasteiger partial charge in [0.2, 0.25) is 5.95 Å². The van der Waals surface area contributed by atoms with Gasteiger partial charge in [-0.25, -0.2) is 15.0 Å². The van der Waals surface area contributed by atoms with Gasteiger partial charge in [-0.1, -0.05) is 6.07 Å². The zero-order valence-electron chi connectivity index (χ0n) is 12.1. The standard InChI is InChI=1S/C15H14N6OS/c22-13(17-8-9-20-15-18-6-3-7-19-15)12-10-21-14(23-12)11-4-1-2-5-16-11/h1-7,10H,8-9H2,(H,17,22)(H,18,19,20). The lowest BCUT2D eigenvalue weighted by atomic mass is 10.4. The van der Waals surface area contributed by atoms with Gasteiger partial charge in [0, 0.05) is 31.7 Å². The zero-order chi connectivity index (χ0) is 15.9. The Hall–Kier alpha value is -2.87. The second-order valence-electron chi connectivity index (χ2n) is 4.50. The Kier molecular flexibility index (Phi) is 4.85. The molecule has 0 fully saturated rings. The van der Waals surface area contributed by atoms with Crippen LogP contribution in [0.25, 0.3) is 10.7 Å². The van der Waals surface area contributed by atoms with Crippen molar-refractivity contribution in [1.29, 1.82) is 0 Å². The van der Waals surface area contributed by atoms with Crippen molar-refractivity contribution in [2.24, 2.45) is 0 Å². The molecular weight excluding hydrogens is 312 g/mol. The molecule has 0 bridgehead atoms. The highest BCUT2D eigenvalue weighted by Gasteiger charge is 2.11. The Morgan fingerprint density at radius 1 is 1.00 bits per heavy atom. The summed E-state index contributed by atoms with van der Waals surface area (Å²) in [6.45, 7) is 1.01. The van der Waals surface area contributed by atoms with Crippen LogP contribution in [0.3, 0.4) is 0 Å². The fraction of sp³-hybridized carbons (Fsp3) is 0.133. The number of rotatable bonds is 6. The van der Waals surface area contributed by atoms with E-state index in [0.29, 0.717) is 23.9 Å². The van der Waals surface area contributed by atoms with Crippen LogP contribution >= 0.6 is 11.3 Å². The summed E-state index contributed by atoms with van der Waals surface area (Å²) in [5.74, 6) is 0.387. The Balaban J connectivity index is 1.50. The normalized spacial score (nSPS) is 10.3. The lowest BCUT2D eigenvalue weighted by Gasteiger charge is -2.05. The van der Waals surface area contributed by atoms with E-state index in [2.05, 4.69) is 30.6 Å². The molecule has 0 aliphatic rings. The van der Waals surface area contributed by atoms with Crippen LogP contribution in [0.1, 0.15) is 9.67 Å². The maximum Gasteiger partial charge on any atom is 0.263 e. The lowest BCUT2D eigenvalue weighted by Crippen LogP contribution is -2.28. The molecule has 0 spiro atoms. The molecule has 0 unspecified atom stereocenters. The molecule has 3 aromatic rings. The lowest BCUT2D eigenvalue weighted by molar-refractivity contribution is 0.0959. The van der Waals surface area contributed by atoms with Gasteiger partial charge < -0.3 is 10.6 Å². The van der Waals surface area contributed by atoms with Crippen molar-refractivity contribution < 1.29 is 4.79 Å². The van der Waals surface area contributed by atoms with E-state index in [4.69, 9.17) is 0 Å². The number of aromatic nitrogens is 4. The fourth-order valence-electron chi connectivity index (χ4n) is 1.81. The smallest absolute Gasteiger partial charge is 0.263 e. The predicted molar refractivity (Wildman–Crippen MR) is 88.2 cm³/mol. The van der Waals surface area contributed by atoms with Gasteiger partial charge in [-0.15, -0.1) is 11.3 Å². The number of hydrogen-bond acceptors (Lipinski definition) is 7. The van der Waals surface area contributed by atoms with E-state index in [1.165, 1.54) is 11.3 Å². The van der Waals surface area contributed by atoms with Gasteiger partial charge in [0.15, 0.2) is 0 Å². The topological polar surface area (TPSA) is 92.7 Å². The molecule has 0 saturated heterocycles. The largest absolute Gasteiger partial charge is 0.352 e. The SMILES string of the molecule is O=C(NCCNc1ncccn1)c1cnc(-c2ccccn2)s1. The van der Waals surface area contributed by atoms with Crippen molar-refractivity contribution in [1.82, 2.24) is 25.3 Å². The minimum absolute atomic E-state index is 0.152. The third-order valence-electron chi connectivity index (χ3n) is 2.87. The second-order valence-corrected chi connectivity index (χ2v) is 5.53. The van der Waals surface area contributed by atoms with Gasteiger partial charge in [-0.05, 0) is 18.2 Å². The van der Waals surface area contributed by atoms with Crippen LogP contribution in [0.4, 0.5) is 5.95 Å². The first-order valence-electron chi connectivity index (χ1n) is 6.99. The van der Waals surface area contributed by atoms with Crippen LogP contribution in [-0.2, 0) is 0 Å². The van der Waals surface area contributed by atoms with Gasteiger partial charge in [0.1, 0.15) is 9.88 Å². The Morgan fingerprint density at radius 3 is 2.61 bits per heavy atom. The molecule has 3 aromatic heterocycles. The predicted octanol–water partition coefficient (Wildman–Crippen LogP) is 1.84. The molecular formula is C15H14N6OS. The maximum atomic E-state index is 12.1. The van der Waals surface area contributed by atoms with E-state index >= 15 is 0 Å². The highest BCUT2D eigenvalue weighted by molar-refractivity contribution is 7.16. The van der Waals surface area contributed by atoms with Crippen LogP contribution in [0.2, 0.25) is 0 Å². The summed E-state index contributed by atoms with van der Waals surface area (Å²) in [6, 6.07) is 7.34. The summed E-state index contributed by atoms with van der Waals surface area (Å²) in [4.78, 5) is 29.2. The summed E-state index contributed by atoms with van der Waals surface area (Å²) < 4.78 is 0. The van der Waals surface area contributed by atoms with Crippen molar-refractivity contribution in [3.63, 3.8) is 0 Å². The highest BCUT2D eigenvalue weighted by Crippen LogP contribution is 2.22.